The van der Waals surface area contributed by atoms with E-state index in [9.17, 15) is 19.2 Å². The van der Waals surface area contributed by atoms with E-state index in [0.29, 0.717) is 6.54 Å². The topological polar surface area (TPSA) is 138 Å². The zero-order valence-electron chi connectivity index (χ0n) is 19.3. The Morgan fingerprint density at radius 1 is 0.853 bits per heavy atom. The Bertz CT molecular complexity index is 896. The summed E-state index contributed by atoms with van der Waals surface area (Å²) in [5.74, 6) is -2.70. The maximum atomic E-state index is 11.8. The zero-order chi connectivity index (χ0) is 25.3. The highest BCUT2D eigenvalue weighted by atomic mass is 32.1. The Morgan fingerprint density at radius 2 is 1.41 bits per heavy atom. The summed E-state index contributed by atoms with van der Waals surface area (Å²) < 4.78 is 27.1. The molecule has 2 N–H and O–H groups in total. The Kier molecular flexibility index (Phi) is 10.2. The third kappa shape index (κ3) is 8.60. The summed E-state index contributed by atoms with van der Waals surface area (Å²) in [6.07, 6.45) is -5.92. The van der Waals surface area contributed by atoms with Crippen molar-refractivity contribution in [3.8, 4) is 0 Å². The smallest absolute Gasteiger partial charge is 0.303 e. The van der Waals surface area contributed by atoms with Crippen molar-refractivity contribution >= 4 is 41.2 Å². The quantitative estimate of drug-likeness (QED) is 0.298. The van der Waals surface area contributed by atoms with Gasteiger partial charge in [0.1, 0.15) is 12.7 Å². The molecule has 0 aliphatic carbocycles. The Hall–Kier alpha value is -3.25. The molecule has 0 amide bonds. The van der Waals surface area contributed by atoms with Crippen molar-refractivity contribution in [3.05, 3.63) is 35.9 Å². The molecule has 1 heterocycles. The number of esters is 4. The standard InChI is InChI=1S/C22H28N2O9S/c1-12(25)29-11-17-18(30-13(2)26)19(31-14(3)27)20(32-15(4)28)21(33-17)24-22(34)23-10-16-8-6-5-7-9-16/h5-9,17-21H,10-11H2,1-4H3,(H2,23,24,34)/t17-,18+,19+,20+,21-/m0/s1. The van der Waals surface area contributed by atoms with Gasteiger partial charge in [0, 0.05) is 34.2 Å². The lowest BCUT2D eigenvalue weighted by Gasteiger charge is -2.44. The first-order valence-electron chi connectivity index (χ1n) is 10.5. The molecule has 1 aliphatic rings. The second-order valence-electron chi connectivity index (χ2n) is 7.43. The molecule has 1 aromatic carbocycles. The summed E-state index contributed by atoms with van der Waals surface area (Å²) in [5.41, 5.74) is 0.966. The largest absolute Gasteiger partial charge is 0.463 e. The van der Waals surface area contributed by atoms with Crippen LogP contribution in [0.5, 0.6) is 0 Å². The highest BCUT2D eigenvalue weighted by Gasteiger charge is 2.52. The van der Waals surface area contributed by atoms with Crippen LogP contribution in [0.3, 0.4) is 0 Å². The van der Waals surface area contributed by atoms with Crippen molar-refractivity contribution in [2.24, 2.45) is 0 Å². The highest BCUT2D eigenvalue weighted by molar-refractivity contribution is 7.80. The van der Waals surface area contributed by atoms with Crippen LogP contribution in [0.2, 0.25) is 0 Å². The maximum Gasteiger partial charge on any atom is 0.303 e. The minimum atomic E-state index is -1.27. The number of carbonyl (C=O) groups excluding carboxylic acids is 4. The summed E-state index contributed by atoms with van der Waals surface area (Å²) >= 11 is 5.35. The van der Waals surface area contributed by atoms with Crippen LogP contribution >= 0.6 is 12.2 Å². The van der Waals surface area contributed by atoms with E-state index in [1.807, 2.05) is 30.3 Å². The van der Waals surface area contributed by atoms with Crippen LogP contribution in [0.4, 0.5) is 0 Å². The summed E-state index contributed by atoms with van der Waals surface area (Å²) in [7, 11) is 0. The van der Waals surface area contributed by atoms with Crippen LogP contribution in [0.25, 0.3) is 0 Å². The number of thiocarbonyl (C=S) groups is 1. The van der Waals surface area contributed by atoms with E-state index in [-0.39, 0.29) is 11.7 Å². The molecule has 2 rings (SSSR count). The van der Waals surface area contributed by atoms with Crippen LogP contribution in [0, 0.1) is 0 Å². The number of ether oxygens (including phenoxy) is 5. The van der Waals surface area contributed by atoms with E-state index < -0.39 is 54.5 Å². The van der Waals surface area contributed by atoms with Crippen molar-refractivity contribution in [3.63, 3.8) is 0 Å². The Labute approximate surface area is 202 Å². The summed E-state index contributed by atoms with van der Waals surface area (Å²) in [6.45, 7) is 4.76. The van der Waals surface area contributed by atoms with Gasteiger partial charge in [-0.25, -0.2) is 0 Å². The average molecular weight is 497 g/mol. The lowest BCUT2D eigenvalue weighted by molar-refractivity contribution is -0.254. The minimum absolute atomic E-state index is 0.157. The number of rotatable bonds is 8. The molecule has 1 fully saturated rings. The summed E-state index contributed by atoms with van der Waals surface area (Å²) in [4.78, 5) is 46.8. The normalized spacial score (nSPS) is 23.7. The van der Waals surface area contributed by atoms with E-state index in [2.05, 4.69) is 10.6 Å². The van der Waals surface area contributed by atoms with Gasteiger partial charge in [-0.3, -0.25) is 19.2 Å². The predicted octanol–water partition coefficient (Wildman–Crippen LogP) is 0.734. The van der Waals surface area contributed by atoms with E-state index in [1.54, 1.807) is 0 Å². The van der Waals surface area contributed by atoms with Gasteiger partial charge in [-0.1, -0.05) is 30.3 Å². The number of hydrogen-bond acceptors (Lipinski definition) is 10. The first kappa shape index (κ1) is 27.0. The Morgan fingerprint density at radius 3 is 1.97 bits per heavy atom. The fourth-order valence-electron chi connectivity index (χ4n) is 3.30. The first-order chi connectivity index (χ1) is 16.1. The van der Waals surface area contributed by atoms with E-state index >= 15 is 0 Å². The van der Waals surface area contributed by atoms with Crippen LogP contribution < -0.4 is 10.6 Å². The molecular formula is C22H28N2O9S. The molecular weight excluding hydrogens is 468 g/mol. The van der Waals surface area contributed by atoms with Crippen molar-refractivity contribution in [2.75, 3.05) is 6.61 Å². The van der Waals surface area contributed by atoms with Crippen molar-refractivity contribution < 1.29 is 42.9 Å². The van der Waals surface area contributed by atoms with Crippen LogP contribution in [0.1, 0.15) is 33.3 Å². The fraction of sp³-hybridized carbons (Fsp3) is 0.500. The molecule has 1 aliphatic heterocycles. The zero-order valence-corrected chi connectivity index (χ0v) is 20.1. The van der Waals surface area contributed by atoms with Gasteiger partial charge in [0.15, 0.2) is 29.7 Å². The van der Waals surface area contributed by atoms with Gasteiger partial charge in [-0.15, -0.1) is 0 Å². The van der Waals surface area contributed by atoms with Crippen molar-refractivity contribution in [1.82, 2.24) is 10.6 Å². The second-order valence-corrected chi connectivity index (χ2v) is 7.84. The molecule has 12 heteroatoms. The lowest BCUT2D eigenvalue weighted by atomic mass is 9.97. The van der Waals surface area contributed by atoms with Crippen molar-refractivity contribution in [2.45, 2.75) is 64.9 Å². The van der Waals surface area contributed by atoms with E-state index in [1.165, 1.54) is 13.8 Å². The van der Waals surface area contributed by atoms with Crippen LogP contribution in [-0.4, -0.2) is 66.2 Å². The van der Waals surface area contributed by atoms with E-state index in [0.717, 1.165) is 19.4 Å². The SMILES string of the molecule is CC(=O)OC[C@@H]1O[C@H](NC(=S)NCc2ccccc2)[C@H](OC(C)=O)[C@H](OC(C)=O)[C@@H]1OC(C)=O. The average Bonchev–Trinajstić information content (AvgIpc) is 2.75. The number of nitrogens with one attached hydrogen (secondary N) is 2. The highest BCUT2D eigenvalue weighted by Crippen LogP contribution is 2.28. The molecule has 0 bridgehead atoms. The van der Waals surface area contributed by atoms with Gasteiger partial charge in [-0.2, -0.15) is 0 Å². The van der Waals surface area contributed by atoms with Crippen molar-refractivity contribution in [1.29, 1.82) is 0 Å². The first-order valence-corrected chi connectivity index (χ1v) is 10.9. The van der Waals surface area contributed by atoms with Gasteiger partial charge in [0.25, 0.3) is 0 Å². The summed E-state index contributed by atoms with van der Waals surface area (Å²) in [6, 6.07) is 9.46. The molecule has 0 saturated carbocycles. The Balaban J connectivity index is 2.29. The number of hydrogen-bond donors (Lipinski definition) is 2. The molecule has 0 unspecified atom stereocenters. The molecule has 186 valence electrons. The molecule has 5 atom stereocenters. The lowest BCUT2D eigenvalue weighted by Crippen LogP contribution is -2.66. The predicted molar refractivity (Wildman–Crippen MR) is 121 cm³/mol. The minimum Gasteiger partial charge on any atom is -0.463 e. The molecule has 34 heavy (non-hydrogen) atoms. The van der Waals surface area contributed by atoms with Crippen LogP contribution in [-0.2, 0) is 49.4 Å². The summed E-state index contributed by atoms with van der Waals surface area (Å²) in [5, 5.41) is 6.05. The van der Waals surface area contributed by atoms with Gasteiger partial charge >= 0.3 is 23.9 Å². The fourth-order valence-corrected chi connectivity index (χ4v) is 3.49. The number of carbonyl (C=O) groups is 4. The molecule has 1 aromatic rings. The number of benzene rings is 1. The molecule has 0 spiro atoms. The molecule has 1 saturated heterocycles. The second kappa shape index (κ2) is 12.8. The van der Waals surface area contributed by atoms with Gasteiger partial charge in [0.2, 0.25) is 0 Å². The van der Waals surface area contributed by atoms with Gasteiger partial charge < -0.3 is 34.3 Å². The third-order valence-electron chi connectivity index (χ3n) is 4.56. The van der Waals surface area contributed by atoms with E-state index in [4.69, 9.17) is 35.9 Å². The van der Waals surface area contributed by atoms with Gasteiger partial charge in [0.05, 0.1) is 0 Å². The van der Waals surface area contributed by atoms with Crippen LogP contribution in [0.15, 0.2) is 30.3 Å². The van der Waals surface area contributed by atoms with Gasteiger partial charge in [-0.05, 0) is 17.8 Å². The molecule has 0 radical (unpaired) electrons. The maximum absolute atomic E-state index is 11.8. The monoisotopic (exact) mass is 496 g/mol. The molecule has 0 aromatic heterocycles. The third-order valence-corrected chi connectivity index (χ3v) is 4.82. The molecule has 11 nitrogen and oxygen atoms in total.